The second kappa shape index (κ2) is 36.1. The van der Waals surface area contributed by atoms with E-state index in [0.29, 0.717) is 12.8 Å². The Kier molecular flexibility index (Phi) is 32.8. The van der Waals surface area contributed by atoms with Crippen molar-refractivity contribution in [3.63, 3.8) is 0 Å². The quantitative estimate of drug-likeness (QED) is 0.0216. The molecular formula is C48H86O15. The van der Waals surface area contributed by atoms with Gasteiger partial charge in [0.15, 0.2) is 18.7 Å². The van der Waals surface area contributed by atoms with Crippen LogP contribution in [-0.4, -0.2) is 142 Å². The summed E-state index contributed by atoms with van der Waals surface area (Å²) in [6.45, 7) is 2.51. The lowest BCUT2D eigenvalue weighted by atomic mass is 9.98. The van der Waals surface area contributed by atoms with Crippen molar-refractivity contribution in [2.75, 3.05) is 26.4 Å². The molecule has 4 unspecified atom stereocenters. The Morgan fingerprint density at radius 2 is 0.937 bits per heavy atom. The fourth-order valence-corrected chi connectivity index (χ4v) is 7.58. The predicted octanol–water partition coefficient (Wildman–Crippen LogP) is 5.99. The summed E-state index contributed by atoms with van der Waals surface area (Å²) in [5.74, 6) is -0.990. The van der Waals surface area contributed by atoms with Crippen molar-refractivity contribution in [1.29, 1.82) is 0 Å². The molecule has 15 nitrogen and oxygen atoms in total. The Balaban J connectivity index is 1.85. The van der Waals surface area contributed by atoms with Crippen molar-refractivity contribution in [3.8, 4) is 0 Å². The summed E-state index contributed by atoms with van der Waals surface area (Å²) in [6, 6.07) is 0. The second-order valence-electron chi connectivity index (χ2n) is 17.3. The van der Waals surface area contributed by atoms with E-state index in [1.165, 1.54) is 83.5 Å². The first-order valence-corrected chi connectivity index (χ1v) is 24.4. The molecule has 0 radical (unpaired) electrons. The third-order valence-corrected chi connectivity index (χ3v) is 11.7. The highest BCUT2D eigenvalue weighted by atomic mass is 16.7. The molecule has 0 aromatic carbocycles. The average molecular weight is 903 g/mol. The first-order valence-electron chi connectivity index (χ1n) is 24.4. The second-order valence-corrected chi connectivity index (χ2v) is 17.3. The van der Waals surface area contributed by atoms with Crippen molar-refractivity contribution in [3.05, 3.63) is 24.3 Å². The predicted molar refractivity (Wildman–Crippen MR) is 238 cm³/mol. The molecule has 15 heteroatoms. The van der Waals surface area contributed by atoms with E-state index in [9.17, 15) is 45.3 Å². The minimum absolute atomic E-state index is 0.0820. The minimum atomic E-state index is -1.77. The summed E-state index contributed by atoms with van der Waals surface area (Å²) in [7, 11) is 0. The molecule has 368 valence electrons. The molecule has 0 aromatic heterocycles. The van der Waals surface area contributed by atoms with Crippen LogP contribution < -0.4 is 0 Å². The lowest BCUT2D eigenvalue weighted by molar-refractivity contribution is -0.332. The third kappa shape index (κ3) is 24.9. The molecule has 2 heterocycles. The Morgan fingerprint density at radius 1 is 0.492 bits per heavy atom. The number of esters is 2. The maximum atomic E-state index is 12.9. The van der Waals surface area contributed by atoms with E-state index >= 15 is 0 Å². The highest BCUT2D eigenvalue weighted by molar-refractivity contribution is 5.70. The standard InChI is InChI=1S/C48H86O15/c1-3-5-7-9-11-13-15-17-18-19-21-23-25-27-29-31-40(51)61-36(33-58-39(50)30-28-26-24-22-20-16-14-12-10-8-6-4-2)34-59-47-46(57)44(55)42(53)38(63-47)35-60-48-45(56)43(54)41(52)37(32-49)62-48/h12,14,25,27,36-38,41-49,52-57H,3-11,13,15-24,26,28-35H2,1-2H3/b14-12+,27-25+/t36-,37-,38-,41+,42+,43?,44?,45?,46?,47-,48-/m1/s1. The van der Waals surface area contributed by atoms with Crippen LogP contribution in [0.1, 0.15) is 174 Å². The van der Waals surface area contributed by atoms with Gasteiger partial charge < -0.3 is 64.2 Å². The van der Waals surface area contributed by atoms with E-state index in [1.54, 1.807) is 0 Å². The number of allylic oxidation sites excluding steroid dienone is 4. The van der Waals surface area contributed by atoms with Crippen LogP contribution >= 0.6 is 0 Å². The van der Waals surface area contributed by atoms with Crippen LogP contribution in [0.15, 0.2) is 24.3 Å². The van der Waals surface area contributed by atoms with E-state index in [1.807, 2.05) is 6.08 Å². The molecule has 2 fully saturated rings. The van der Waals surface area contributed by atoms with Crippen LogP contribution in [0, 0.1) is 0 Å². The zero-order chi connectivity index (χ0) is 46.1. The van der Waals surface area contributed by atoms with Crippen LogP contribution in [0.25, 0.3) is 0 Å². The van der Waals surface area contributed by atoms with E-state index < -0.39 is 99.3 Å². The summed E-state index contributed by atoms with van der Waals surface area (Å²) < 4.78 is 33.4. The molecule has 0 saturated carbocycles. The van der Waals surface area contributed by atoms with Crippen LogP contribution in [0.5, 0.6) is 0 Å². The van der Waals surface area contributed by atoms with Crippen molar-refractivity contribution < 1.29 is 73.8 Å². The number of carbonyl (C=O) groups is 2. The van der Waals surface area contributed by atoms with Gasteiger partial charge in [0.05, 0.1) is 19.8 Å². The summed E-state index contributed by atoms with van der Waals surface area (Å²) in [5, 5.41) is 71.9. The monoisotopic (exact) mass is 903 g/mol. The number of rotatable bonds is 37. The number of hydrogen-bond acceptors (Lipinski definition) is 15. The van der Waals surface area contributed by atoms with Gasteiger partial charge in [0.25, 0.3) is 0 Å². The fourth-order valence-electron chi connectivity index (χ4n) is 7.58. The molecule has 2 saturated heterocycles. The first-order chi connectivity index (χ1) is 30.5. The molecule has 7 N–H and O–H groups in total. The molecule has 11 atom stereocenters. The third-order valence-electron chi connectivity index (χ3n) is 11.7. The Bertz CT molecular complexity index is 1200. The van der Waals surface area contributed by atoms with Crippen molar-refractivity contribution >= 4 is 11.9 Å². The number of aliphatic hydroxyl groups is 7. The first kappa shape index (κ1) is 57.1. The fraction of sp³-hybridized carbons (Fsp3) is 0.875. The minimum Gasteiger partial charge on any atom is -0.462 e. The van der Waals surface area contributed by atoms with E-state index in [2.05, 4.69) is 32.1 Å². The van der Waals surface area contributed by atoms with Gasteiger partial charge in [0.2, 0.25) is 0 Å². The molecule has 2 rings (SSSR count). The zero-order valence-electron chi connectivity index (χ0n) is 38.6. The van der Waals surface area contributed by atoms with Gasteiger partial charge in [-0.2, -0.15) is 0 Å². The average Bonchev–Trinajstić information content (AvgIpc) is 3.28. The number of aliphatic hydroxyl groups excluding tert-OH is 7. The summed E-state index contributed by atoms with van der Waals surface area (Å²) in [5.41, 5.74) is 0. The molecule has 0 spiro atoms. The van der Waals surface area contributed by atoms with Gasteiger partial charge in [0, 0.05) is 12.8 Å². The molecule has 0 aliphatic carbocycles. The van der Waals surface area contributed by atoms with Crippen LogP contribution in [0.2, 0.25) is 0 Å². The summed E-state index contributed by atoms with van der Waals surface area (Å²) >= 11 is 0. The molecular weight excluding hydrogens is 817 g/mol. The van der Waals surface area contributed by atoms with Crippen LogP contribution in [0.3, 0.4) is 0 Å². The molecule has 0 amide bonds. The summed E-state index contributed by atoms with van der Waals surface area (Å²) in [4.78, 5) is 25.6. The van der Waals surface area contributed by atoms with E-state index in [-0.39, 0.29) is 19.4 Å². The van der Waals surface area contributed by atoms with Crippen LogP contribution in [0.4, 0.5) is 0 Å². The number of carbonyl (C=O) groups excluding carboxylic acids is 2. The summed E-state index contributed by atoms with van der Waals surface area (Å²) in [6.07, 6.45) is 18.0. The normalized spacial score (nSPS) is 27.0. The van der Waals surface area contributed by atoms with Gasteiger partial charge in [0.1, 0.15) is 55.4 Å². The molecule has 2 aliphatic heterocycles. The van der Waals surface area contributed by atoms with Gasteiger partial charge in [-0.25, -0.2) is 0 Å². The van der Waals surface area contributed by atoms with Gasteiger partial charge >= 0.3 is 11.9 Å². The molecule has 0 aromatic rings. The highest BCUT2D eigenvalue weighted by Crippen LogP contribution is 2.26. The van der Waals surface area contributed by atoms with Gasteiger partial charge in [-0.1, -0.05) is 134 Å². The topological polar surface area (TPSA) is 231 Å². The van der Waals surface area contributed by atoms with Crippen molar-refractivity contribution in [2.24, 2.45) is 0 Å². The van der Waals surface area contributed by atoms with Crippen molar-refractivity contribution in [2.45, 2.75) is 242 Å². The van der Waals surface area contributed by atoms with E-state index in [4.69, 9.17) is 28.4 Å². The van der Waals surface area contributed by atoms with Gasteiger partial charge in [-0.05, 0) is 51.4 Å². The smallest absolute Gasteiger partial charge is 0.306 e. The molecule has 2 aliphatic rings. The molecule has 0 bridgehead atoms. The Hall–Kier alpha value is -2.02. The Morgan fingerprint density at radius 3 is 1.49 bits per heavy atom. The number of ether oxygens (including phenoxy) is 6. The van der Waals surface area contributed by atoms with Gasteiger partial charge in [-0.15, -0.1) is 0 Å². The Labute approximate surface area is 377 Å². The van der Waals surface area contributed by atoms with Gasteiger partial charge in [-0.3, -0.25) is 9.59 Å². The van der Waals surface area contributed by atoms with E-state index in [0.717, 1.165) is 51.4 Å². The lowest BCUT2D eigenvalue weighted by Crippen LogP contribution is -2.61. The maximum Gasteiger partial charge on any atom is 0.306 e. The maximum absolute atomic E-state index is 12.9. The zero-order valence-corrected chi connectivity index (χ0v) is 38.6. The molecule has 63 heavy (non-hydrogen) atoms. The van der Waals surface area contributed by atoms with Crippen LogP contribution in [-0.2, 0) is 38.0 Å². The SMILES string of the molecule is CCCCC/C=C/CCCCCCCC(=O)OC[C@H](CO[C@@H]1O[C@H](CO[C@@H]2O[C@H](CO)[C@H](O)C(O)C2O)[C@H](O)C(O)C1O)OC(=O)CC/C=C/CCCCCCCCCCCCC. The largest absolute Gasteiger partial charge is 0.462 e. The lowest BCUT2D eigenvalue weighted by Gasteiger charge is -2.42. The highest BCUT2D eigenvalue weighted by Gasteiger charge is 2.47. The number of hydrogen-bond donors (Lipinski definition) is 7. The number of unbranched alkanes of at least 4 members (excludes halogenated alkanes) is 19. The van der Waals surface area contributed by atoms with Crippen molar-refractivity contribution in [1.82, 2.24) is 0 Å².